The third kappa shape index (κ3) is 7.16. The average molecular weight is 451 g/mol. The van der Waals surface area contributed by atoms with Crippen molar-refractivity contribution in [3.05, 3.63) is 77.1 Å². The molecule has 0 saturated heterocycles. The third-order valence-corrected chi connectivity index (χ3v) is 4.53. The molecule has 0 saturated carbocycles. The molecule has 0 aliphatic rings. The monoisotopic (exact) mass is 450 g/mol. The van der Waals surface area contributed by atoms with Crippen LogP contribution in [0.5, 0.6) is 0 Å². The summed E-state index contributed by atoms with van der Waals surface area (Å²) in [5, 5.41) is 20.2. The summed E-state index contributed by atoms with van der Waals surface area (Å²) in [7, 11) is 0. The van der Waals surface area contributed by atoms with Crippen molar-refractivity contribution in [3.63, 3.8) is 0 Å². The quantitative estimate of drug-likeness (QED) is 0.339. The number of aliphatic hydroxyl groups excluding tert-OH is 1. The molecular weight excluding hydrogens is 423 g/mol. The van der Waals surface area contributed by atoms with Gasteiger partial charge in [-0.15, -0.1) is 10.2 Å². The standard InChI is InChI=1S/C24H27FN6O2/c1-15-4-7-19(8-5-15)22(13-28-17(3)26)29-14-23-30-31-24(33-23)20-9-6-18(10-21(20)25)12-27-11-16(2)32/h4-10,13-14,16,27,32H,11-12H2,1-3H3,(H2,26,28)/b22-13-,29-14+. The highest BCUT2D eigenvalue weighted by Gasteiger charge is 2.13. The van der Waals surface area contributed by atoms with Gasteiger partial charge in [0, 0.05) is 18.7 Å². The number of aromatic nitrogens is 2. The first-order chi connectivity index (χ1) is 15.8. The Hall–Kier alpha value is -3.69. The number of rotatable bonds is 9. The summed E-state index contributed by atoms with van der Waals surface area (Å²) in [5.74, 6) is 0.0917. The zero-order valence-electron chi connectivity index (χ0n) is 18.8. The van der Waals surface area contributed by atoms with E-state index >= 15 is 0 Å². The number of hydrogen-bond acceptors (Lipinski definition) is 7. The van der Waals surface area contributed by atoms with Crippen LogP contribution in [0.1, 0.15) is 36.4 Å². The smallest absolute Gasteiger partial charge is 0.259 e. The minimum Gasteiger partial charge on any atom is -0.415 e. The van der Waals surface area contributed by atoms with Gasteiger partial charge < -0.3 is 20.6 Å². The van der Waals surface area contributed by atoms with Crippen LogP contribution in [0.25, 0.3) is 17.2 Å². The summed E-state index contributed by atoms with van der Waals surface area (Å²) in [4.78, 5) is 8.53. The summed E-state index contributed by atoms with van der Waals surface area (Å²) in [6.45, 7) is 6.21. The zero-order valence-corrected chi connectivity index (χ0v) is 18.8. The number of aliphatic imine (C=N–C) groups is 2. The lowest BCUT2D eigenvalue weighted by Gasteiger charge is -2.07. The maximum atomic E-state index is 14.6. The van der Waals surface area contributed by atoms with Crippen molar-refractivity contribution in [1.29, 1.82) is 0 Å². The predicted octanol–water partition coefficient (Wildman–Crippen LogP) is 3.45. The van der Waals surface area contributed by atoms with Gasteiger partial charge in [-0.05, 0) is 38.5 Å². The Bertz CT molecular complexity index is 1160. The number of nitrogens with one attached hydrogen (secondary N) is 1. The van der Waals surface area contributed by atoms with Crippen molar-refractivity contribution < 1.29 is 13.9 Å². The Morgan fingerprint density at radius 2 is 2.00 bits per heavy atom. The fraction of sp³-hybridized carbons (Fsp3) is 0.250. The maximum absolute atomic E-state index is 14.6. The van der Waals surface area contributed by atoms with Gasteiger partial charge in [0.1, 0.15) is 5.82 Å². The van der Waals surface area contributed by atoms with Gasteiger partial charge in [0.05, 0.1) is 35.6 Å². The third-order valence-electron chi connectivity index (χ3n) is 4.53. The number of amidine groups is 1. The van der Waals surface area contributed by atoms with Crippen molar-refractivity contribution >= 4 is 17.7 Å². The normalized spacial score (nSPS) is 13.6. The van der Waals surface area contributed by atoms with Gasteiger partial charge in [-0.2, -0.15) is 0 Å². The van der Waals surface area contributed by atoms with Gasteiger partial charge in [0.15, 0.2) is 0 Å². The van der Waals surface area contributed by atoms with Gasteiger partial charge in [-0.25, -0.2) is 14.4 Å². The second kappa shape index (κ2) is 11.3. The van der Waals surface area contributed by atoms with Gasteiger partial charge >= 0.3 is 0 Å². The lowest BCUT2D eigenvalue weighted by molar-refractivity contribution is 0.191. The van der Waals surface area contributed by atoms with E-state index in [9.17, 15) is 9.50 Å². The van der Waals surface area contributed by atoms with Crippen molar-refractivity contribution in [2.24, 2.45) is 15.7 Å². The zero-order chi connectivity index (χ0) is 23.8. The molecule has 33 heavy (non-hydrogen) atoms. The molecular formula is C24H27FN6O2. The first-order valence-electron chi connectivity index (χ1n) is 10.4. The van der Waals surface area contributed by atoms with Crippen LogP contribution in [-0.2, 0) is 6.54 Å². The SMILES string of the molecule is C\C(N)=N/C=C(\N=C\c1nnc(-c2ccc(CNCC(C)O)cc2F)o1)c1ccc(C)cc1. The van der Waals surface area contributed by atoms with E-state index in [2.05, 4.69) is 25.5 Å². The fourth-order valence-corrected chi connectivity index (χ4v) is 2.86. The Labute approximate surface area is 191 Å². The molecule has 3 aromatic rings. The Morgan fingerprint density at radius 3 is 2.67 bits per heavy atom. The summed E-state index contributed by atoms with van der Waals surface area (Å²) < 4.78 is 20.2. The van der Waals surface area contributed by atoms with Crippen LogP contribution in [-0.4, -0.2) is 40.0 Å². The lowest BCUT2D eigenvalue weighted by atomic mass is 10.1. The first-order valence-corrected chi connectivity index (χ1v) is 10.4. The van der Waals surface area contributed by atoms with Crippen molar-refractivity contribution in [1.82, 2.24) is 15.5 Å². The maximum Gasteiger partial charge on any atom is 0.259 e. The fourth-order valence-electron chi connectivity index (χ4n) is 2.86. The largest absolute Gasteiger partial charge is 0.415 e. The molecule has 172 valence electrons. The highest BCUT2D eigenvalue weighted by molar-refractivity contribution is 5.83. The van der Waals surface area contributed by atoms with Crippen LogP contribution in [0.3, 0.4) is 0 Å². The molecule has 1 atom stereocenters. The van der Waals surface area contributed by atoms with E-state index in [4.69, 9.17) is 10.2 Å². The van der Waals surface area contributed by atoms with Gasteiger partial charge in [0.25, 0.3) is 11.8 Å². The lowest BCUT2D eigenvalue weighted by Crippen LogP contribution is -2.23. The molecule has 0 amide bonds. The number of nitrogens with zero attached hydrogens (tertiary/aromatic N) is 4. The highest BCUT2D eigenvalue weighted by Crippen LogP contribution is 2.23. The molecule has 0 spiro atoms. The van der Waals surface area contributed by atoms with E-state index < -0.39 is 11.9 Å². The van der Waals surface area contributed by atoms with Crippen LogP contribution in [0, 0.1) is 12.7 Å². The molecule has 0 bridgehead atoms. The number of aryl methyl sites for hydroxylation is 1. The average Bonchev–Trinajstić information content (AvgIpc) is 3.23. The molecule has 1 aromatic heterocycles. The van der Waals surface area contributed by atoms with Gasteiger partial charge in [-0.1, -0.05) is 35.9 Å². The van der Waals surface area contributed by atoms with Crippen LogP contribution in [0.15, 0.2) is 63.1 Å². The first kappa shape index (κ1) is 24.0. The molecule has 0 radical (unpaired) electrons. The second-order valence-electron chi connectivity index (χ2n) is 7.65. The number of nitrogens with two attached hydrogens (primary N) is 1. The highest BCUT2D eigenvalue weighted by atomic mass is 19.1. The van der Waals surface area contributed by atoms with Gasteiger partial charge in [0.2, 0.25) is 0 Å². The van der Waals surface area contributed by atoms with Crippen LogP contribution in [0.2, 0.25) is 0 Å². The molecule has 0 aliphatic carbocycles. The second-order valence-corrected chi connectivity index (χ2v) is 7.65. The van der Waals surface area contributed by atoms with E-state index in [0.29, 0.717) is 24.6 Å². The van der Waals surface area contributed by atoms with Crippen molar-refractivity contribution in [2.45, 2.75) is 33.4 Å². The van der Waals surface area contributed by atoms with Crippen LogP contribution in [0.4, 0.5) is 4.39 Å². The Balaban J connectivity index is 1.78. The summed E-state index contributed by atoms with van der Waals surface area (Å²) in [6, 6.07) is 12.5. The molecule has 0 aliphatic heterocycles. The minimum atomic E-state index is -0.480. The molecule has 8 nitrogen and oxygen atoms in total. The predicted molar refractivity (Wildman–Crippen MR) is 127 cm³/mol. The molecule has 2 aromatic carbocycles. The van der Waals surface area contributed by atoms with Gasteiger partial charge in [-0.3, -0.25) is 0 Å². The Morgan fingerprint density at radius 1 is 1.24 bits per heavy atom. The molecule has 0 fully saturated rings. The van der Waals surface area contributed by atoms with Crippen LogP contribution < -0.4 is 11.1 Å². The minimum absolute atomic E-state index is 0.0501. The number of benzene rings is 2. The molecule has 1 heterocycles. The summed E-state index contributed by atoms with van der Waals surface area (Å²) in [5.41, 5.74) is 9.09. The number of halogens is 1. The number of aliphatic hydroxyl groups is 1. The number of hydrogen-bond donors (Lipinski definition) is 3. The molecule has 9 heteroatoms. The summed E-state index contributed by atoms with van der Waals surface area (Å²) >= 11 is 0. The molecule has 4 N–H and O–H groups in total. The van der Waals surface area contributed by atoms with E-state index in [0.717, 1.165) is 16.7 Å². The molecule has 1 unspecified atom stereocenters. The van der Waals surface area contributed by atoms with E-state index in [1.165, 1.54) is 12.3 Å². The van der Waals surface area contributed by atoms with Crippen LogP contribution >= 0.6 is 0 Å². The Kier molecular flexibility index (Phi) is 8.17. The van der Waals surface area contributed by atoms with Crippen molar-refractivity contribution in [2.75, 3.05) is 6.54 Å². The van der Waals surface area contributed by atoms with E-state index in [-0.39, 0.29) is 17.3 Å². The topological polar surface area (TPSA) is 122 Å². The van der Waals surface area contributed by atoms with Crippen molar-refractivity contribution in [3.8, 4) is 11.5 Å². The van der Waals surface area contributed by atoms with E-state index in [1.54, 1.807) is 32.2 Å². The molecule has 3 rings (SSSR count). The van der Waals surface area contributed by atoms with E-state index in [1.807, 2.05) is 31.2 Å². The summed E-state index contributed by atoms with van der Waals surface area (Å²) in [6.07, 6.45) is 2.48.